The molecule has 3 aromatic carbocycles. The molecule has 0 bridgehead atoms. The first-order valence-electron chi connectivity index (χ1n) is 15.0. The van der Waals surface area contributed by atoms with Crippen molar-refractivity contribution in [2.24, 2.45) is 0 Å². The first-order valence-corrected chi connectivity index (χ1v) is 16.1. The zero-order valence-corrected chi connectivity index (χ0v) is 27.9. The summed E-state index contributed by atoms with van der Waals surface area (Å²) >= 11 is 19.2. The van der Waals surface area contributed by atoms with Crippen molar-refractivity contribution in [1.29, 1.82) is 5.26 Å². The number of hydrogen-bond donors (Lipinski definition) is 3. The van der Waals surface area contributed by atoms with E-state index in [1.165, 1.54) is 12.3 Å². The molecule has 46 heavy (non-hydrogen) atoms. The number of halogens is 3. The molecule has 1 saturated heterocycles. The van der Waals surface area contributed by atoms with Gasteiger partial charge < -0.3 is 15.7 Å². The first kappa shape index (κ1) is 31.9. The molecule has 0 radical (unpaired) electrons. The minimum Gasteiger partial charge on any atom is -0.506 e. The Morgan fingerprint density at radius 3 is 2.37 bits per heavy atom. The number of nitriles is 1. The van der Waals surface area contributed by atoms with E-state index in [4.69, 9.17) is 34.8 Å². The van der Waals surface area contributed by atoms with Crippen LogP contribution in [0.4, 0.5) is 17.1 Å². The number of rotatable bonds is 7. The molecule has 5 aromatic rings. The van der Waals surface area contributed by atoms with Gasteiger partial charge in [0.1, 0.15) is 17.5 Å². The van der Waals surface area contributed by atoms with Crippen LogP contribution in [0.1, 0.15) is 62.5 Å². The summed E-state index contributed by atoms with van der Waals surface area (Å²) in [4.78, 5) is 6.98. The lowest BCUT2D eigenvalue weighted by Crippen LogP contribution is -2.46. The third kappa shape index (κ3) is 6.72. The average Bonchev–Trinajstić information content (AvgIpc) is 3.52. The SMILES string of the molecule is CC(C)(C)N1CCC(n2cc(C(Nc3cc(Cl)c4ncc(C#N)c(Nc5ccc(O)c(Cl)c5)c4c3)c3ccc(Cl)cc3)nn2)CC1. The van der Waals surface area contributed by atoms with Gasteiger partial charge in [-0.1, -0.05) is 52.1 Å². The van der Waals surface area contributed by atoms with Crippen molar-refractivity contribution >= 4 is 62.8 Å². The number of phenolic OH excluding ortho intramolecular Hbond substituents is 1. The summed E-state index contributed by atoms with van der Waals surface area (Å²) < 4.78 is 1.99. The fraction of sp³-hybridized carbons (Fsp3) is 0.294. The third-order valence-corrected chi connectivity index (χ3v) is 9.23. The van der Waals surface area contributed by atoms with Gasteiger partial charge in [-0.25, -0.2) is 4.68 Å². The summed E-state index contributed by atoms with van der Waals surface area (Å²) in [5.41, 5.74) is 4.46. The maximum Gasteiger partial charge on any atom is 0.134 e. The molecular formula is C34H33Cl3N8O. The lowest BCUT2D eigenvalue weighted by Gasteiger charge is -2.40. The van der Waals surface area contributed by atoms with Crippen molar-refractivity contribution in [3.05, 3.63) is 98.9 Å². The number of likely N-dealkylation sites (tertiary alicyclic amines) is 1. The van der Waals surface area contributed by atoms with Gasteiger partial charge in [0.05, 0.1) is 45.1 Å². The second-order valence-corrected chi connectivity index (χ2v) is 13.7. The normalized spacial score (nSPS) is 15.1. The Balaban J connectivity index is 1.36. The number of phenols is 1. The van der Waals surface area contributed by atoms with Gasteiger partial charge in [0, 0.05) is 46.6 Å². The Labute approximate surface area is 282 Å². The standard InChI is InChI=1S/C34H33Cl3N8O/c1-34(2,3)44-12-10-25(11-13-44)45-19-29(42-43-45)32(20-4-6-22(35)7-5-20)41-24-14-26-31(40-23-8-9-30(46)27(36)15-23)21(17-38)18-39-33(26)28(37)16-24/h4-9,14-16,18-19,25,32,41,46H,10-13H2,1-3H3,(H,39,40). The Hall–Kier alpha value is -4.07. The van der Waals surface area contributed by atoms with Gasteiger partial charge in [0.25, 0.3) is 0 Å². The maximum absolute atomic E-state index is 9.95. The topological polar surface area (TPSA) is 115 Å². The van der Waals surface area contributed by atoms with Crippen molar-refractivity contribution in [3.8, 4) is 11.8 Å². The number of pyridine rings is 1. The summed E-state index contributed by atoms with van der Waals surface area (Å²) in [5, 5.41) is 37.8. The number of aromatic hydroxyl groups is 1. The molecule has 0 spiro atoms. The highest BCUT2D eigenvalue weighted by Gasteiger charge is 2.29. The second-order valence-electron chi connectivity index (χ2n) is 12.4. The first-order chi connectivity index (χ1) is 22.0. The highest BCUT2D eigenvalue weighted by atomic mass is 35.5. The van der Waals surface area contributed by atoms with E-state index in [0.717, 1.165) is 37.2 Å². The zero-order valence-electron chi connectivity index (χ0n) is 25.6. The van der Waals surface area contributed by atoms with Crippen molar-refractivity contribution < 1.29 is 5.11 Å². The lowest BCUT2D eigenvalue weighted by atomic mass is 9.98. The molecule has 6 rings (SSSR count). The van der Waals surface area contributed by atoms with E-state index >= 15 is 0 Å². The molecule has 1 aliphatic rings. The van der Waals surface area contributed by atoms with Crippen LogP contribution in [-0.2, 0) is 0 Å². The molecule has 0 saturated carbocycles. The molecule has 1 fully saturated rings. The number of benzene rings is 3. The zero-order chi connectivity index (χ0) is 32.6. The van der Waals surface area contributed by atoms with Crippen LogP contribution in [0.15, 0.2) is 67.0 Å². The van der Waals surface area contributed by atoms with E-state index < -0.39 is 0 Å². The minimum atomic E-state index is -0.381. The molecule has 1 aliphatic heterocycles. The van der Waals surface area contributed by atoms with Crippen LogP contribution in [0.2, 0.25) is 15.1 Å². The molecule has 236 valence electrons. The summed E-state index contributed by atoms with van der Waals surface area (Å²) in [5.74, 6) is -0.0395. The quantitative estimate of drug-likeness (QED) is 0.147. The highest BCUT2D eigenvalue weighted by Crippen LogP contribution is 2.38. The van der Waals surface area contributed by atoms with Gasteiger partial charge in [0.2, 0.25) is 0 Å². The number of piperidine rings is 1. The minimum absolute atomic E-state index is 0.0395. The van der Waals surface area contributed by atoms with Crippen molar-refractivity contribution in [1.82, 2.24) is 24.9 Å². The van der Waals surface area contributed by atoms with E-state index in [-0.39, 0.29) is 28.4 Å². The fourth-order valence-electron chi connectivity index (χ4n) is 5.84. The second kappa shape index (κ2) is 13.0. The fourth-order valence-corrected chi connectivity index (χ4v) is 6.42. The number of aromatic nitrogens is 4. The van der Waals surface area contributed by atoms with Crippen LogP contribution >= 0.6 is 34.8 Å². The van der Waals surface area contributed by atoms with Gasteiger partial charge in [-0.3, -0.25) is 9.88 Å². The van der Waals surface area contributed by atoms with E-state index in [1.54, 1.807) is 18.2 Å². The van der Waals surface area contributed by atoms with Gasteiger partial charge >= 0.3 is 0 Å². The maximum atomic E-state index is 9.95. The molecule has 1 unspecified atom stereocenters. The lowest BCUT2D eigenvalue weighted by molar-refractivity contribution is 0.0866. The summed E-state index contributed by atoms with van der Waals surface area (Å²) in [6, 6.07) is 18.1. The van der Waals surface area contributed by atoms with Crippen LogP contribution in [0.5, 0.6) is 5.75 Å². The molecule has 12 heteroatoms. The molecule has 1 atom stereocenters. The van der Waals surface area contributed by atoms with Crippen LogP contribution in [0.3, 0.4) is 0 Å². The van der Waals surface area contributed by atoms with Crippen molar-refractivity contribution in [2.75, 3.05) is 23.7 Å². The van der Waals surface area contributed by atoms with Crippen molar-refractivity contribution in [3.63, 3.8) is 0 Å². The van der Waals surface area contributed by atoms with Crippen LogP contribution in [0, 0.1) is 11.3 Å². The van der Waals surface area contributed by atoms with Crippen LogP contribution in [0.25, 0.3) is 10.9 Å². The summed E-state index contributed by atoms with van der Waals surface area (Å²) in [7, 11) is 0. The van der Waals surface area contributed by atoms with Crippen LogP contribution in [-0.4, -0.2) is 48.6 Å². The van der Waals surface area contributed by atoms with Crippen LogP contribution < -0.4 is 10.6 Å². The highest BCUT2D eigenvalue weighted by molar-refractivity contribution is 6.36. The number of fused-ring (bicyclic) bond motifs is 1. The Morgan fingerprint density at radius 1 is 0.978 bits per heavy atom. The Bertz CT molecular complexity index is 1920. The van der Waals surface area contributed by atoms with Crippen molar-refractivity contribution in [2.45, 2.75) is 51.2 Å². The van der Waals surface area contributed by atoms with Gasteiger partial charge in [0.15, 0.2) is 0 Å². The van der Waals surface area contributed by atoms with Gasteiger partial charge in [-0.2, -0.15) is 5.26 Å². The largest absolute Gasteiger partial charge is 0.506 e. The smallest absolute Gasteiger partial charge is 0.134 e. The predicted molar refractivity (Wildman–Crippen MR) is 184 cm³/mol. The van der Waals surface area contributed by atoms with Gasteiger partial charge in [-0.15, -0.1) is 5.10 Å². The van der Waals surface area contributed by atoms with Gasteiger partial charge in [-0.05, 0) is 81.6 Å². The molecule has 3 N–H and O–H groups in total. The number of nitrogens with one attached hydrogen (secondary N) is 2. The molecule has 0 amide bonds. The number of hydrogen-bond acceptors (Lipinski definition) is 8. The molecule has 3 heterocycles. The summed E-state index contributed by atoms with van der Waals surface area (Å²) in [6.45, 7) is 8.76. The Morgan fingerprint density at radius 2 is 1.70 bits per heavy atom. The third-order valence-electron chi connectivity index (χ3n) is 8.39. The molecule has 0 aliphatic carbocycles. The van der Waals surface area contributed by atoms with E-state index in [1.807, 2.05) is 41.2 Å². The molecular weight excluding hydrogens is 643 g/mol. The van der Waals surface area contributed by atoms with E-state index in [2.05, 4.69) is 57.7 Å². The van der Waals surface area contributed by atoms with E-state index in [9.17, 15) is 10.4 Å². The molecule has 9 nitrogen and oxygen atoms in total. The monoisotopic (exact) mass is 674 g/mol. The Kier molecular flexibility index (Phi) is 8.99. The summed E-state index contributed by atoms with van der Waals surface area (Å²) in [6.07, 6.45) is 5.49. The average molecular weight is 676 g/mol. The molecule has 2 aromatic heterocycles. The predicted octanol–water partition coefficient (Wildman–Crippen LogP) is 8.74. The number of anilines is 3. The number of nitrogens with zero attached hydrogens (tertiary/aromatic N) is 6. The van der Waals surface area contributed by atoms with E-state index in [0.29, 0.717) is 43.6 Å².